The number of nitrogens with zero attached hydrogens (tertiary/aromatic N) is 1. The Balaban J connectivity index is 2.78. The molecular formula is C12H12BrNO2. The van der Waals surface area contributed by atoms with Gasteiger partial charge in [0.15, 0.2) is 5.75 Å². The normalized spacial score (nSPS) is 10.7. The molecule has 0 N–H and O–H groups in total. The summed E-state index contributed by atoms with van der Waals surface area (Å²) < 4.78 is 7.91. The molecule has 4 heteroatoms. The van der Waals surface area contributed by atoms with Gasteiger partial charge in [0.2, 0.25) is 0 Å². The van der Waals surface area contributed by atoms with Crippen molar-refractivity contribution in [2.24, 2.45) is 7.05 Å². The number of aryl methyl sites for hydroxylation is 1. The number of hydrogen-bond donors (Lipinski definition) is 0. The predicted molar refractivity (Wildman–Crippen MR) is 68.1 cm³/mol. The molecule has 16 heavy (non-hydrogen) atoms. The third kappa shape index (κ3) is 1.85. The molecule has 3 nitrogen and oxygen atoms in total. The summed E-state index contributed by atoms with van der Waals surface area (Å²) >= 11 is 3.41. The number of rotatable bonds is 2. The molecule has 0 saturated heterocycles. The number of fused-ring (bicyclic) bond motifs is 1. The maximum absolute atomic E-state index is 11.9. The van der Waals surface area contributed by atoms with Gasteiger partial charge in [0.05, 0.1) is 12.1 Å². The Morgan fingerprint density at radius 2 is 2.12 bits per heavy atom. The van der Waals surface area contributed by atoms with Gasteiger partial charge in [-0.3, -0.25) is 4.79 Å². The summed E-state index contributed by atoms with van der Waals surface area (Å²) in [6, 6.07) is 7.59. The molecule has 0 spiro atoms. The van der Waals surface area contributed by atoms with Gasteiger partial charge in [0.25, 0.3) is 5.56 Å². The van der Waals surface area contributed by atoms with E-state index in [9.17, 15) is 4.79 Å². The van der Waals surface area contributed by atoms with Crippen molar-refractivity contribution in [3.8, 4) is 5.75 Å². The largest absolute Gasteiger partial charge is 0.488 e. The lowest BCUT2D eigenvalue weighted by Crippen LogP contribution is -2.19. The number of pyridine rings is 1. The highest BCUT2D eigenvalue weighted by atomic mass is 79.9. The molecule has 1 aromatic carbocycles. The van der Waals surface area contributed by atoms with Gasteiger partial charge in [-0.15, -0.1) is 0 Å². The molecule has 0 amide bonds. The van der Waals surface area contributed by atoms with Crippen LogP contribution in [0.4, 0.5) is 0 Å². The molecule has 0 bridgehead atoms. The average molecular weight is 282 g/mol. The Hall–Kier alpha value is -1.29. The second kappa shape index (κ2) is 4.29. The lowest BCUT2D eigenvalue weighted by molar-refractivity contribution is 0.334. The second-order valence-electron chi connectivity index (χ2n) is 3.51. The van der Waals surface area contributed by atoms with Crippen LogP contribution in [-0.4, -0.2) is 11.2 Å². The molecule has 1 heterocycles. The van der Waals surface area contributed by atoms with E-state index in [-0.39, 0.29) is 5.56 Å². The summed E-state index contributed by atoms with van der Waals surface area (Å²) in [6.07, 6.45) is 0. The van der Waals surface area contributed by atoms with Gasteiger partial charge in [0.1, 0.15) is 0 Å². The zero-order chi connectivity index (χ0) is 11.7. The second-order valence-corrected chi connectivity index (χ2v) is 4.42. The van der Waals surface area contributed by atoms with Gasteiger partial charge in [-0.1, -0.05) is 15.9 Å². The molecule has 0 radical (unpaired) electrons. The fraction of sp³-hybridized carbons (Fsp3) is 0.250. The van der Waals surface area contributed by atoms with Crippen LogP contribution in [0.2, 0.25) is 0 Å². The predicted octanol–water partition coefficient (Wildman–Crippen LogP) is 2.70. The van der Waals surface area contributed by atoms with Gasteiger partial charge >= 0.3 is 0 Å². The van der Waals surface area contributed by atoms with Crippen molar-refractivity contribution < 1.29 is 4.74 Å². The van der Waals surface area contributed by atoms with Crippen molar-refractivity contribution in [3.63, 3.8) is 0 Å². The highest BCUT2D eigenvalue weighted by Crippen LogP contribution is 2.21. The molecule has 1 aromatic heterocycles. The van der Waals surface area contributed by atoms with Crippen LogP contribution in [0.3, 0.4) is 0 Å². The molecule has 84 valence electrons. The number of benzene rings is 1. The SMILES string of the molecule is CCOc1cc2cc(Br)ccc2n(C)c1=O. The highest BCUT2D eigenvalue weighted by molar-refractivity contribution is 9.10. The van der Waals surface area contributed by atoms with Crippen LogP contribution in [0, 0.1) is 0 Å². The van der Waals surface area contributed by atoms with Crippen molar-refractivity contribution in [1.82, 2.24) is 4.57 Å². The first-order chi connectivity index (χ1) is 7.63. The van der Waals surface area contributed by atoms with Crippen LogP contribution in [0.1, 0.15) is 6.92 Å². The van der Waals surface area contributed by atoms with Crippen LogP contribution in [-0.2, 0) is 7.05 Å². The quantitative estimate of drug-likeness (QED) is 0.848. The number of hydrogen-bond acceptors (Lipinski definition) is 2. The van der Waals surface area contributed by atoms with Gasteiger partial charge in [0, 0.05) is 16.9 Å². The monoisotopic (exact) mass is 281 g/mol. The summed E-state index contributed by atoms with van der Waals surface area (Å²) in [6.45, 7) is 2.36. The third-order valence-corrected chi connectivity index (χ3v) is 2.95. The van der Waals surface area contributed by atoms with Gasteiger partial charge in [-0.25, -0.2) is 0 Å². The fourth-order valence-corrected chi connectivity index (χ4v) is 2.06. The molecule has 0 aliphatic rings. The lowest BCUT2D eigenvalue weighted by atomic mass is 10.2. The minimum Gasteiger partial charge on any atom is -0.488 e. The minimum absolute atomic E-state index is 0.100. The standard InChI is InChI=1S/C12H12BrNO2/c1-3-16-11-7-8-6-9(13)4-5-10(8)14(2)12(11)15/h4-7H,3H2,1-2H3. The molecule has 0 aliphatic heterocycles. The lowest BCUT2D eigenvalue weighted by Gasteiger charge is -2.09. The van der Waals surface area contributed by atoms with E-state index in [1.807, 2.05) is 25.1 Å². The van der Waals surface area contributed by atoms with Crippen LogP contribution in [0.15, 0.2) is 33.5 Å². The van der Waals surface area contributed by atoms with Crippen molar-refractivity contribution in [3.05, 3.63) is 39.1 Å². The number of halogens is 1. The zero-order valence-corrected chi connectivity index (χ0v) is 10.7. The van der Waals surface area contributed by atoms with Crippen LogP contribution >= 0.6 is 15.9 Å². The first-order valence-corrected chi connectivity index (χ1v) is 5.85. The van der Waals surface area contributed by atoms with E-state index in [1.54, 1.807) is 17.7 Å². The first-order valence-electron chi connectivity index (χ1n) is 5.05. The minimum atomic E-state index is -0.100. The number of aromatic nitrogens is 1. The van der Waals surface area contributed by atoms with Crippen LogP contribution in [0.5, 0.6) is 5.75 Å². The van der Waals surface area contributed by atoms with Crippen LogP contribution < -0.4 is 10.3 Å². The van der Waals surface area contributed by atoms with Crippen molar-refractivity contribution in [1.29, 1.82) is 0 Å². The summed E-state index contributed by atoms with van der Waals surface area (Å²) in [4.78, 5) is 11.9. The van der Waals surface area contributed by atoms with Gasteiger partial charge < -0.3 is 9.30 Å². The summed E-state index contributed by atoms with van der Waals surface area (Å²) in [5.74, 6) is 0.399. The molecule has 0 atom stereocenters. The van der Waals surface area contributed by atoms with Gasteiger partial charge in [-0.05, 0) is 31.2 Å². The molecule has 0 fully saturated rings. The van der Waals surface area contributed by atoms with E-state index >= 15 is 0 Å². The fourth-order valence-electron chi connectivity index (χ4n) is 1.68. The Labute approximate surface area is 102 Å². The number of ether oxygens (including phenoxy) is 1. The summed E-state index contributed by atoms with van der Waals surface area (Å²) in [7, 11) is 1.75. The molecule has 0 aliphatic carbocycles. The maximum atomic E-state index is 11.9. The Bertz CT molecular complexity index is 589. The van der Waals surface area contributed by atoms with E-state index in [0.29, 0.717) is 12.4 Å². The zero-order valence-electron chi connectivity index (χ0n) is 9.16. The van der Waals surface area contributed by atoms with E-state index < -0.39 is 0 Å². The summed E-state index contributed by atoms with van der Waals surface area (Å²) in [5, 5.41) is 0.986. The van der Waals surface area contributed by atoms with E-state index in [2.05, 4.69) is 15.9 Å². The van der Waals surface area contributed by atoms with Crippen molar-refractivity contribution in [2.75, 3.05) is 6.61 Å². The molecule has 2 aromatic rings. The molecule has 2 rings (SSSR count). The van der Waals surface area contributed by atoms with E-state index in [4.69, 9.17) is 4.74 Å². The van der Waals surface area contributed by atoms with Crippen molar-refractivity contribution >= 4 is 26.8 Å². The molecular weight excluding hydrogens is 270 g/mol. The average Bonchev–Trinajstić information content (AvgIpc) is 2.25. The van der Waals surface area contributed by atoms with E-state index in [1.165, 1.54) is 0 Å². The summed E-state index contributed by atoms with van der Waals surface area (Å²) in [5.41, 5.74) is 0.799. The highest BCUT2D eigenvalue weighted by Gasteiger charge is 2.07. The smallest absolute Gasteiger partial charge is 0.293 e. The van der Waals surface area contributed by atoms with E-state index in [0.717, 1.165) is 15.4 Å². The molecule has 0 saturated carbocycles. The Kier molecular flexibility index (Phi) is 3.01. The van der Waals surface area contributed by atoms with Gasteiger partial charge in [-0.2, -0.15) is 0 Å². The Morgan fingerprint density at radius 3 is 2.81 bits per heavy atom. The third-order valence-electron chi connectivity index (χ3n) is 2.45. The first kappa shape index (κ1) is 11.2. The topological polar surface area (TPSA) is 31.2 Å². The molecule has 0 unspecified atom stereocenters. The van der Waals surface area contributed by atoms with Crippen LogP contribution in [0.25, 0.3) is 10.9 Å². The van der Waals surface area contributed by atoms with Crippen molar-refractivity contribution in [2.45, 2.75) is 6.92 Å². The Morgan fingerprint density at radius 1 is 1.38 bits per heavy atom. The maximum Gasteiger partial charge on any atom is 0.293 e.